The summed E-state index contributed by atoms with van der Waals surface area (Å²) in [4.78, 5) is 0. The summed E-state index contributed by atoms with van der Waals surface area (Å²) in [5.74, 6) is 1.47. The SMILES string of the molecule is Cc1nn(C(C)C)c(C)c1NCC(C)CC(C)C. The number of anilines is 1. The quantitative estimate of drug-likeness (QED) is 0.822. The van der Waals surface area contributed by atoms with E-state index in [1.807, 2.05) is 0 Å². The molecule has 104 valence electrons. The van der Waals surface area contributed by atoms with E-state index in [2.05, 4.69) is 63.6 Å². The third kappa shape index (κ3) is 3.76. The molecule has 0 radical (unpaired) electrons. The average molecular weight is 251 g/mol. The van der Waals surface area contributed by atoms with Gasteiger partial charge in [0.2, 0.25) is 0 Å². The van der Waals surface area contributed by atoms with E-state index in [9.17, 15) is 0 Å². The predicted molar refractivity (Wildman–Crippen MR) is 79.2 cm³/mol. The lowest BCUT2D eigenvalue weighted by Gasteiger charge is -2.16. The van der Waals surface area contributed by atoms with Crippen LogP contribution in [0.2, 0.25) is 0 Å². The largest absolute Gasteiger partial charge is 0.382 e. The summed E-state index contributed by atoms with van der Waals surface area (Å²) < 4.78 is 2.10. The van der Waals surface area contributed by atoms with Crippen LogP contribution in [-0.4, -0.2) is 16.3 Å². The Kier molecular flexibility index (Phi) is 5.24. The third-order valence-corrected chi connectivity index (χ3v) is 3.32. The fourth-order valence-corrected chi connectivity index (χ4v) is 2.59. The zero-order valence-electron chi connectivity index (χ0n) is 13.0. The molecule has 3 nitrogen and oxygen atoms in total. The summed E-state index contributed by atoms with van der Waals surface area (Å²) in [7, 11) is 0. The van der Waals surface area contributed by atoms with Crippen LogP contribution in [0, 0.1) is 25.7 Å². The van der Waals surface area contributed by atoms with Crippen molar-refractivity contribution in [3.05, 3.63) is 11.4 Å². The highest BCUT2D eigenvalue weighted by Crippen LogP contribution is 2.23. The first-order chi connectivity index (χ1) is 8.32. The highest BCUT2D eigenvalue weighted by molar-refractivity contribution is 5.52. The Bertz CT molecular complexity index is 377. The molecule has 0 saturated heterocycles. The van der Waals surface area contributed by atoms with Crippen LogP contribution in [0.5, 0.6) is 0 Å². The van der Waals surface area contributed by atoms with Gasteiger partial charge in [-0.25, -0.2) is 0 Å². The van der Waals surface area contributed by atoms with Crippen molar-refractivity contribution in [3.63, 3.8) is 0 Å². The molecule has 18 heavy (non-hydrogen) atoms. The molecule has 1 aromatic rings. The maximum absolute atomic E-state index is 4.60. The van der Waals surface area contributed by atoms with Crippen LogP contribution in [0.25, 0.3) is 0 Å². The number of nitrogens with zero attached hydrogens (tertiary/aromatic N) is 2. The number of aromatic nitrogens is 2. The smallest absolute Gasteiger partial charge is 0.0828 e. The van der Waals surface area contributed by atoms with E-state index < -0.39 is 0 Å². The van der Waals surface area contributed by atoms with Crippen LogP contribution in [-0.2, 0) is 0 Å². The molecular weight excluding hydrogens is 222 g/mol. The lowest BCUT2D eigenvalue weighted by atomic mass is 9.99. The van der Waals surface area contributed by atoms with Gasteiger partial charge >= 0.3 is 0 Å². The zero-order chi connectivity index (χ0) is 13.9. The molecule has 0 amide bonds. The second-order valence-electron chi connectivity index (χ2n) is 6.20. The lowest BCUT2D eigenvalue weighted by Crippen LogP contribution is -2.14. The van der Waals surface area contributed by atoms with Crippen LogP contribution in [0.3, 0.4) is 0 Å². The van der Waals surface area contributed by atoms with E-state index in [0.29, 0.717) is 12.0 Å². The third-order valence-electron chi connectivity index (χ3n) is 3.32. The topological polar surface area (TPSA) is 29.9 Å². The molecule has 0 aromatic carbocycles. The number of rotatable bonds is 6. The summed E-state index contributed by atoms with van der Waals surface area (Å²) >= 11 is 0. The van der Waals surface area contributed by atoms with Crippen molar-refractivity contribution in [2.24, 2.45) is 11.8 Å². The summed E-state index contributed by atoms with van der Waals surface area (Å²) in [6.07, 6.45) is 1.27. The van der Waals surface area contributed by atoms with Gasteiger partial charge in [0, 0.05) is 12.6 Å². The zero-order valence-corrected chi connectivity index (χ0v) is 13.0. The van der Waals surface area contributed by atoms with Gasteiger partial charge in [-0.2, -0.15) is 5.10 Å². The van der Waals surface area contributed by atoms with Gasteiger partial charge in [0.1, 0.15) is 0 Å². The average Bonchev–Trinajstić information content (AvgIpc) is 2.51. The predicted octanol–water partition coefficient (Wildman–Crippen LogP) is 4.17. The Morgan fingerprint density at radius 2 is 1.72 bits per heavy atom. The summed E-state index contributed by atoms with van der Waals surface area (Å²) in [5, 5.41) is 8.18. The minimum absolute atomic E-state index is 0.423. The Hall–Kier alpha value is -0.990. The molecule has 1 rings (SSSR count). The van der Waals surface area contributed by atoms with Crippen molar-refractivity contribution in [2.45, 2.75) is 60.9 Å². The van der Waals surface area contributed by atoms with E-state index >= 15 is 0 Å². The highest BCUT2D eigenvalue weighted by atomic mass is 15.3. The molecule has 0 saturated carbocycles. The molecule has 0 bridgehead atoms. The molecule has 1 atom stereocenters. The van der Waals surface area contributed by atoms with E-state index in [0.717, 1.165) is 18.2 Å². The molecular formula is C15H29N3. The Morgan fingerprint density at radius 1 is 1.11 bits per heavy atom. The molecule has 3 heteroatoms. The van der Waals surface area contributed by atoms with Crippen LogP contribution in [0.4, 0.5) is 5.69 Å². The minimum atomic E-state index is 0.423. The maximum atomic E-state index is 4.60. The summed E-state index contributed by atoms with van der Waals surface area (Å²) in [5.41, 5.74) is 3.58. The first kappa shape index (κ1) is 15.1. The number of nitrogens with one attached hydrogen (secondary N) is 1. The molecule has 1 N–H and O–H groups in total. The van der Waals surface area contributed by atoms with Crippen molar-refractivity contribution >= 4 is 5.69 Å². The monoisotopic (exact) mass is 251 g/mol. The number of aryl methyl sites for hydroxylation is 1. The number of hydrogen-bond acceptors (Lipinski definition) is 2. The summed E-state index contributed by atoms with van der Waals surface area (Å²) in [6, 6.07) is 0.423. The van der Waals surface area contributed by atoms with Gasteiger partial charge in [-0.05, 0) is 46.0 Å². The van der Waals surface area contributed by atoms with Crippen molar-refractivity contribution in [2.75, 3.05) is 11.9 Å². The fraction of sp³-hybridized carbons (Fsp3) is 0.800. The Balaban J connectivity index is 2.68. The van der Waals surface area contributed by atoms with Crippen molar-refractivity contribution in [3.8, 4) is 0 Å². The van der Waals surface area contributed by atoms with Crippen molar-refractivity contribution in [1.82, 2.24) is 9.78 Å². The van der Waals surface area contributed by atoms with Crippen LogP contribution in [0.1, 0.15) is 58.5 Å². The summed E-state index contributed by atoms with van der Waals surface area (Å²) in [6.45, 7) is 16.5. The highest BCUT2D eigenvalue weighted by Gasteiger charge is 2.14. The van der Waals surface area contributed by atoms with Gasteiger partial charge in [0.25, 0.3) is 0 Å². The van der Waals surface area contributed by atoms with E-state index in [-0.39, 0.29) is 0 Å². The second-order valence-corrected chi connectivity index (χ2v) is 6.20. The molecule has 0 aliphatic rings. The van der Waals surface area contributed by atoms with Gasteiger partial charge in [0.05, 0.1) is 17.1 Å². The first-order valence-electron chi connectivity index (χ1n) is 7.12. The van der Waals surface area contributed by atoms with Crippen LogP contribution < -0.4 is 5.32 Å². The maximum Gasteiger partial charge on any atom is 0.0828 e. The number of hydrogen-bond donors (Lipinski definition) is 1. The molecule has 1 heterocycles. The normalized spacial score (nSPS) is 13.4. The fourth-order valence-electron chi connectivity index (χ4n) is 2.59. The van der Waals surface area contributed by atoms with Crippen molar-refractivity contribution in [1.29, 1.82) is 0 Å². The van der Waals surface area contributed by atoms with E-state index in [1.165, 1.54) is 17.8 Å². The van der Waals surface area contributed by atoms with Crippen molar-refractivity contribution < 1.29 is 0 Å². The molecule has 0 fully saturated rings. The molecule has 0 spiro atoms. The van der Waals surface area contributed by atoms with Gasteiger partial charge in [-0.1, -0.05) is 20.8 Å². The van der Waals surface area contributed by atoms with Gasteiger partial charge < -0.3 is 5.32 Å². The first-order valence-corrected chi connectivity index (χ1v) is 7.12. The molecule has 0 aliphatic carbocycles. The van der Waals surface area contributed by atoms with Crippen LogP contribution in [0.15, 0.2) is 0 Å². The van der Waals surface area contributed by atoms with E-state index in [1.54, 1.807) is 0 Å². The molecule has 0 aliphatic heterocycles. The molecule has 1 unspecified atom stereocenters. The second kappa shape index (κ2) is 6.26. The lowest BCUT2D eigenvalue weighted by molar-refractivity contribution is 0.455. The molecule has 1 aromatic heterocycles. The van der Waals surface area contributed by atoms with Gasteiger partial charge in [-0.15, -0.1) is 0 Å². The van der Waals surface area contributed by atoms with Crippen LogP contribution >= 0.6 is 0 Å². The Labute approximate surface area is 112 Å². The Morgan fingerprint density at radius 3 is 2.17 bits per heavy atom. The minimum Gasteiger partial charge on any atom is -0.382 e. The van der Waals surface area contributed by atoms with Gasteiger partial charge in [0.15, 0.2) is 0 Å². The standard InChI is InChI=1S/C15H29N3/c1-10(2)8-12(5)9-16-15-13(6)17-18(11(3)4)14(15)7/h10-12,16H,8-9H2,1-7H3. The van der Waals surface area contributed by atoms with E-state index in [4.69, 9.17) is 0 Å². The van der Waals surface area contributed by atoms with Gasteiger partial charge in [-0.3, -0.25) is 4.68 Å².